The van der Waals surface area contributed by atoms with Crippen molar-refractivity contribution in [3.8, 4) is 0 Å². The Balaban J connectivity index is 3.04. The number of ether oxygens (including phenoxy) is 6. The highest BCUT2D eigenvalue weighted by Crippen LogP contribution is 2.33. The lowest BCUT2D eigenvalue weighted by molar-refractivity contribution is -0.247. The number of aliphatic hydroxyl groups is 3. The Labute approximate surface area is 283 Å². The van der Waals surface area contributed by atoms with Gasteiger partial charge in [0.15, 0.2) is 6.29 Å². The van der Waals surface area contributed by atoms with E-state index in [0.717, 1.165) is 5.57 Å². The maximum atomic E-state index is 11.2. The second-order valence-electron chi connectivity index (χ2n) is 13.5. The zero-order chi connectivity index (χ0) is 35.7. The van der Waals surface area contributed by atoms with Crippen LogP contribution in [0.15, 0.2) is 48.6 Å². The standard InChI is InChI=1S/C37H64O10/c1-12-13-14-24(3)36(44-20-38)29(8)33(39)26(5)17-23(2)18-27(6)35(46-22-43-11)25(4)15-16-31(45-21-42-10)19-32-28(7)34(40)30(9)37(41)47-32/h12-16,18,20,24-37,39-41H,1,17,19,21-22H2,2-11H3/b14-13-,16-15-,23-18-/t24-,25-,26?,27-,28-,29?,30+,31+,32-,33+,34-,35-,36-,37+/m0/s1. The van der Waals surface area contributed by atoms with Crippen LogP contribution in [0.3, 0.4) is 0 Å². The van der Waals surface area contributed by atoms with Crippen LogP contribution in [0.4, 0.5) is 0 Å². The number of rotatable bonds is 23. The van der Waals surface area contributed by atoms with E-state index >= 15 is 0 Å². The molecule has 0 bridgehead atoms. The molecule has 0 radical (unpaired) electrons. The number of carbonyl (C=O) groups is 1. The lowest BCUT2D eigenvalue weighted by Gasteiger charge is -2.41. The monoisotopic (exact) mass is 668 g/mol. The van der Waals surface area contributed by atoms with Crippen molar-refractivity contribution in [2.75, 3.05) is 27.8 Å². The number of hydrogen-bond donors (Lipinski definition) is 3. The molecule has 1 aliphatic heterocycles. The van der Waals surface area contributed by atoms with Gasteiger partial charge in [-0.1, -0.05) is 97.1 Å². The number of aliphatic hydroxyl groups excluding tert-OH is 3. The lowest BCUT2D eigenvalue weighted by Crippen LogP contribution is -2.49. The molecule has 0 aromatic heterocycles. The van der Waals surface area contributed by atoms with Crippen LogP contribution in [0, 0.1) is 41.4 Å². The maximum absolute atomic E-state index is 11.2. The molecule has 0 saturated carbocycles. The fraction of sp³-hybridized carbons (Fsp3) is 0.757. The Morgan fingerprint density at radius 3 is 2.11 bits per heavy atom. The minimum Gasteiger partial charge on any atom is -0.464 e. The summed E-state index contributed by atoms with van der Waals surface area (Å²) < 4.78 is 33.8. The molecular formula is C37H64O10. The van der Waals surface area contributed by atoms with Gasteiger partial charge in [0, 0.05) is 56.1 Å². The van der Waals surface area contributed by atoms with Crippen LogP contribution in [0.25, 0.3) is 0 Å². The third kappa shape index (κ3) is 14.2. The van der Waals surface area contributed by atoms with Crippen molar-refractivity contribution in [3.05, 3.63) is 48.6 Å². The molecule has 0 aliphatic carbocycles. The third-order valence-electron chi connectivity index (χ3n) is 9.45. The summed E-state index contributed by atoms with van der Waals surface area (Å²) in [7, 11) is 3.15. The summed E-state index contributed by atoms with van der Waals surface area (Å²) in [6, 6.07) is 0. The first kappa shape index (κ1) is 43.1. The van der Waals surface area contributed by atoms with Crippen LogP contribution in [0.1, 0.15) is 68.2 Å². The predicted octanol–water partition coefficient (Wildman–Crippen LogP) is 5.42. The molecule has 14 atom stereocenters. The third-order valence-corrected chi connectivity index (χ3v) is 9.45. The summed E-state index contributed by atoms with van der Waals surface area (Å²) in [4.78, 5) is 11.2. The Morgan fingerprint density at radius 2 is 1.51 bits per heavy atom. The Bertz CT molecular complexity index is 967. The van der Waals surface area contributed by atoms with Crippen molar-refractivity contribution in [3.63, 3.8) is 0 Å². The van der Waals surface area contributed by atoms with Crippen LogP contribution in [-0.4, -0.2) is 92.5 Å². The molecule has 1 saturated heterocycles. The highest BCUT2D eigenvalue weighted by atomic mass is 16.7. The molecular weight excluding hydrogens is 604 g/mol. The van der Waals surface area contributed by atoms with Gasteiger partial charge in [0.1, 0.15) is 19.7 Å². The average Bonchev–Trinajstić information content (AvgIpc) is 3.04. The minimum absolute atomic E-state index is 0.00796. The molecule has 10 nitrogen and oxygen atoms in total. The molecule has 0 amide bonds. The smallest absolute Gasteiger partial charge is 0.293 e. The maximum Gasteiger partial charge on any atom is 0.293 e. The lowest BCUT2D eigenvalue weighted by atomic mass is 9.81. The van der Waals surface area contributed by atoms with E-state index in [-0.39, 0.29) is 67.2 Å². The quantitative estimate of drug-likeness (QED) is 0.0561. The molecule has 47 heavy (non-hydrogen) atoms. The summed E-state index contributed by atoms with van der Waals surface area (Å²) in [6.07, 6.45) is 8.82. The molecule has 1 aliphatic rings. The van der Waals surface area contributed by atoms with Gasteiger partial charge in [-0.15, -0.1) is 0 Å². The van der Waals surface area contributed by atoms with Crippen molar-refractivity contribution in [2.45, 2.75) is 111 Å². The highest BCUT2D eigenvalue weighted by molar-refractivity contribution is 5.37. The van der Waals surface area contributed by atoms with Gasteiger partial charge in [0.05, 0.1) is 30.5 Å². The molecule has 2 unspecified atom stereocenters. The van der Waals surface area contributed by atoms with Crippen molar-refractivity contribution in [1.29, 1.82) is 0 Å². The van der Waals surface area contributed by atoms with Gasteiger partial charge in [0.2, 0.25) is 0 Å². The van der Waals surface area contributed by atoms with Gasteiger partial charge in [0.25, 0.3) is 6.47 Å². The van der Waals surface area contributed by atoms with Gasteiger partial charge < -0.3 is 43.7 Å². The molecule has 3 N–H and O–H groups in total. The zero-order valence-corrected chi connectivity index (χ0v) is 30.4. The van der Waals surface area contributed by atoms with Crippen molar-refractivity contribution in [2.24, 2.45) is 41.4 Å². The number of carbonyl (C=O) groups excluding carboxylic acids is 1. The van der Waals surface area contributed by atoms with Gasteiger partial charge in [-0.05, 0) is 19.3 Å². The fourth-order valence-corrected chi connectivity index (χ4v) is 6.60. The number of allylic oxidation sites excluding steroid dienone is 3. The van der Waals surface area contributed by atoms with Gasteiger partial charge in [-0.2, -0.15) is 0 Å². The van der Waals surface area contributed by atoms with Crippen LogP contribution in [0.5, 0.6) is 0 Å². The van der Waals surface area contributed by atoms with Gasteiger partial charge >= 0.3 is 0 Å². The first-order valence-electron chi connectivity index (χ1n) is 16.9. The first-order valence-corrected chi connectivity index (χ1v) is 16.9. The van der Waals surface area contributed by atoms with E-state index in [1.807, 2.05) is 52.0 Å². The molecule has 0 spiro atoms. The molecule has 0 aromatic rings. The SMILES string of the molecule is C=C/C=C\[C@H](C)[C@H](OC=O)C(C)[C@H](O)C(C)C/C(C)=C\[C@H](C)[C@@H](OCOC)[C@@H](C)/C=C\[C@H](C[C@@H]1O[C@@H](O)[C@H](C)[C@@H](O)[C@H]1C)OCOC. The molecule has 10 heteroatoms. The molecule has 1 rings (SSSR count). The molecule has 0 aromatic carbocycles. The zero-order valence-electron chi connectivity index (χ0n) is 30.4. The predicted molar refractivity (Wildman–Crippen MR) is 183 cm³/mol. The van der Waals surface area contributed by atoms with E-state index in [1.54, 1.807) is 27.2 Å². The van der Waals surface area contributed by atoms with E-state index < -0.39 is 30.7 Å². The molecule has 272 valence electrons. The molecule has 1 heterocycles. The average molecular weight is 669 g/mol. The van der Waals surface area contributed by atoms with E-state index in [1.165, 1.54) is 0 Å². The fourth-order valence-electron chi connectivity index (χ4n) is 6.60. The molecule has 1 fully saturated rings. The van der Waals surface area contributed by atoms with Crippen molar-refractivity contribution < 1.29 is 48.5 Å². The number of hydrogen-bond acceptors (Lipinski definition) is 10. The topological polar surface area (TPSA) is 133 Å². The summed E-state index contributed by atoms with van der Waals surface area (Å²) in [5, 5.41) is 32.1. The van der Waals surface area contributed by atoms with Gasteiger partial charge in [-0.3, -0.25) is 4.79 Å². The van der Waals surface area contributed by atoms with Crippen LogP contribution < -0.4 is 0 Å². The normalized spacial score (nSPS) is 28.3. The summed E-state index contributed by atoms with van der Waals surface area (Å²) in [5.41, 5.74) is 1.11. The van der Waals surface area contributed by atoms with E-state index in [2.05, 4.69) is 33.4 Å². The Kier molecular flexibility index (Phi) is 20.8. The summed E-state index contributed by atoms with van der Waals surface area (Å²) >= 11 is 0. The van der Waals surface area contributed by atoms with Gasteiger partial charge in [-0.25, -0.2) is 0 Å². The highest BCUT2D eigenvalue weighted by Gasteiger charge is 2.40. The Morgan fingerprint density at radius 1 is 0.894 bits per heavy atom. The first-order chi connectivity index (χ1) is 22.2. The van der Waals surface area contributed by atoms with Crippen molar-refractivity contribution >= 4 is 6.47 Å². The van der Waals surface area contributed by atoms with Crippen LogP contribution in [-0.2, 0) is 33.2 Å². The summed E-state index contributed by atoms with van der Waals surface area (Å²) in [6.45, 7) is 20.1. The van der Waals surface area contributed by atoms with Crippen LogP contribution >= 0.6 is 0 Å². The van der Waals surface area contributed by atoms with Crippen LogP contribution in [0.2, 0.25) is 0 Å². The second-order valence-corrected chi connectivity index (χ2v) is 13.5. The van der Waals surface area contributed by atoms with E-state index in [4.69, 9.17) is 28.4 Å². The second kappa shape index (κ2) is 22.7. The Hall–Kier alpha value is -1.89. The minimum atomic E-state index is -1.04. The summed E-state index contributed by atoms with van der Waals surface area (Å²) in [5.74, 6) is -1.02. The van der Waals surface area contributed by atoms with E-state index in [0.29, 0.717) is 19.3 Å². The largest absolute Gasteiger partial charge is 0.464 e. The number of methoxy groups -OCH3 is 2. The van der Waals surface area contributed by atoms with Crippen molar-refractivity contribution in [1.82, 2.24) is 0 Å². The van der Waals surface area contributed by atoms with E-state index in [9.17, 15) is 20.1 Å².